The molecule has 2 atom stereocenters. The van der Waals surface area contributed by atoms with E-state index in [0.29, 0.717) is 24.7 Å². The van der Waals surface area contributed by atoms with Gasteiger partial charge in [0.05, 0.1) is 11.7 Å². The van der Waals surface area contributed by atoms with Crippen molar-refractivity contribution >= 4 is 27.6 Å². The lowest BCUT2D eigenvalue weighted by Crippen LogP contribution is -2.41. The fourth-order valence-electron chi connectivity index (χ4n) is 3.69. The van der Waals surface area contributed by atoms with Crippen molar-refractivity contribution in [3.05, 3.63) is 34.9 Å². The van der Waals surface area contributed by atoms with Gasteiger partial charge in [-0.15, -0.1) is 0 Å². The summed E-state index contributed by atoms with van der Waals surface area (Å²) < 4.78 is 24.8. The monoisotopic (exact) mass is 358 g/mol. The van der Waals surface area contributed by atoms with E-state index in [1.165, 1.54) is 4.31 Å². The van der Waals surface area contributed by atoms with E-state index < -0.39 is 21.4 Å². The minimum atomic E-state index is -3.36. The highest BCUT2D eigenvalue weighted by molar-refractivity contribution is 7.88. The summed E-state index contributed by atoms with van der Waals surface area (Å²) in [5.41, 5.74) is 0.0137. The molecule has 8 heteroatoms. The summed E-state index contributed by atoms with van der Waals surface area (Å²) in [6.45, 7) is 1.87. The van der Waals surface area contributed by atoms with Gasteiger partial charge in [-0.25, -0.2) is 12.7 Å². The maximum absolute atomic E-state index is 11.9. The number of carboxylic acids is 1. The Morgan fingerprint density at radius 3 is 2.70 bits per heavy atom. The SMILES string of the molecule is CS(=O)(=O)N1C[C@H]2CN(Cc3cccc(Cl)c3)C[C@@]2(C(=O)O)C1. The van der Waals surface area contributed by atoms with Gasteiger partial charge in [0.15, 0.2) is 0 Å². The lowest BCUT2D eigenvalue weighted by molar-refractivity contribution is -0.148. The van der Waals surface area contributed by atoms with E-state index in [0.717, 1.165) is 11.8 Å². The molecule has 0 bridgehead atoms. The van der Waals surface area contributed by atoms with Gasteiger partial charge in [0.25, 0.3) is 0 Å². The molecule has 6 nitrogen and oxygen atoms in total. The summed E-state index contributed by atoms with van der Waals surface area (Å²) in [5.74, 6) is -1.10. The summed E-state index contributed by atoms with van der Waals surface area (Å²) in [5, 5.41) is 10.4. The van der Waals surface area contributed by atoms with E-state index >= 15 is 0 Å². The molecule has 2 heterocycles. The third-order valence-electron chi connectivity index (χ3n) is 4.84. The van der Waals surface area contributed by atoms with Crippen LogP contribution in [0.1, 0.15) is 5.56 Å². The van der Waals surface area contributed by atoms with Crippen LogP contribution in [-0.4, -0.2) is 61.1 Å². The Labute approximate surface area is 140 Å². The first-order valence-electron chi connectivity index (χ1n) is 7.36. The molecule has 126 valence electrons. The third kappa shape index (κ3) is 3.10. The summed E-state index contributed by atoms with van der Waals surface area (Å²) >= 11 is 5.99. The van der Waals surface area contributed by atoms with Gasteiger partial charge in [-0.05, 0) is 17.7 Å². The number of fused-ring (bicyclic) bond motifs is 1. The van der Waals surface area contributed by atoms with Gasteiger partial charge in [0, 0.05) is 43.7 Å². The normalized spacial score (nSPS) is 28.9. The van der Waals surface area contributed by atoms with Crippen LogP contribution in [0.15, 0.2) is 24.3 Å². The molecule has 0 aromatic heterocycles. The quantitative estimate of drug-likeness (QED) is 0.872. The minimum Gasteiger partial charge on any atom is -0.481 e. The predicted octanol–water partition coefficient (Wildman–Crippen LogP) is 1.12. The number of likely N-dealkylation sites (tertiary alicyclic amines) is 1. The third-order valence-corrected chi connectivity index (χ3v) is 6.29. The molecule has 1 aromatic rings. The number of nitrogens with zero attached hydrogens (tertiary/aromatic N) is 2. The second-order valence-electron chi connectivity index (χ2n) is 6.51. The maximum atomic E-state index is 11.9. The number of halogens is 1. The van der Waals surface area contributed by atoms with E-state index in [-0.39, 0.29) is 19.0 Å². The Balaban J connectivity index is 1.78. The van der Waals surface area contributed by atoms with Crippen LogP contribution in [-0.2, 0) is 21.4 Å². The van der Waals surface area contributed by atoms with E-state index in [4.69, 9.17) is 11.6 Å². The lowest BCUT2D eigenvalue weighted by Gasteiger charge is -2.24. The lowest BCUT2D eigenvalue weighted by atomic mass is 9.81. The highest BCUT2D eigenvalue weighted by Gasteiger charge is 2.58. The molecule has 3 rings (SSSR count). The van der Waals surface area contributed by atoms with Gasteiger partial charge in [-0.1, -0.05) is 23.7 Å². The van der Waals surface area contributed by atoms with Crippen molar-refractivity contribution in [2.75, 3.05) is 32.4 Å². The number of sulfonamides is 1. The van der Waals surface area contributed by atoms with Crippen LogP contribution in [0.4, 0.5) is 0 Å². The average molecular weight is 359 g/mol. The standard InChI is InChI=1S/C15H19ClN2O4S/c1-23(21,22)18-8-12-7-17(9-15(12,10-18)14(19)20)6-11-3-2-4-13(16)5-11/h2-5,12H,6-10H2,1H3,(H,19,20)/t12-,15-/m1/s1. The van der Waals surface area contributed by atoms with Gasteiger partial charge < -0.3 is 5.11 Å². The molecule has 2 saturated heterocycles. The summed E-state index contributed by atoms with van der Waals surface area (Å²) in [6, 6.07) is 7.49. The molecule has 0 radical (unpaired) electrons. The second kappa shape index (κ2) is 5.73. The smallest absolute Gasteiger partial charge is 0.312 e. The second-order valence-corrected chi connectivity index (χ2v) is 8.93. The molecule has 2 fully saturated rings. The number of hydrogen-bond acceptors (Lipinski definition) is 4. The summed E-state index contributed by atoms with van der Waals surface area (Å²) in [6.07, 6.45) is 1.13. The Morgan fingerprint density at radius 1 is 1.39 bits per heavy atom. The summed E-state index contributed by atoms with van der Waals surface area (Å²) in [7, 11) is -3.36. The zero-order chi connectivity index (χ0) is 16.8. The van der Waals surface area contributed by atoms with Crippen LogP contribution in [0.2, 0.25) is 5.02 Å². The molecule has 2 aliphatic rings. The molecule has 0 amide bonds. The predicted molar refractivity (Wildman–Crippen MR) is 86.7 cm³/mol. The molecule has 1 N–H and O–H groups in total. The van der Waals surface area contributed by atoms with Crippen molar-refractivity contribution < 1.29 is 18.3 Å². The van der Waals surface area contributed by atoms with Crippen LogP contribution in [0, 0.1) is 11.3 Å². The highest BCUT2D eigenvalue weighted by atomic mass is 35.5. The van der Waals surface area contributed by atoms with Crippen LogP contribution >= 0.6 is 11.6 Å². The van der Waals surface area contributed by atoms with Gasteiger partial charge in [-0.3, -0.25) is 9.69 Å². The fraction of sp³-hybridized carbons (Fsp3) is 0.533. The van der Waals surface area contributed by atoms with Crippen molar-refractivity contribution in [2.45, 2.75) is 6.54 Å². The number of benzene rings is 1. The van der Waals surface area contributed by atoms with Gasteiger partial charge in [0.1, 0.15) is 0 Å². The first-order valence-corrected chi connectivity index (χ1v) is 9.59. The molecule has 23 heavy (non-hydrogen) atoms. The molecule has 0 aliphatic carbocycles. The van der Waals surface area contributed by atoms with Crippen LogP contribution in [0.5, 0.6) is 0 Å². The Hall–Kier alpha value is -1.15. The van der Waals surface area contributed by atoms with Crippen molar-refractivity contribution in [1.29, 1.82) is 0 Å². The molecule has 1 aromatic carbocycles. The van der Waals surface area contributed by atoms with Gasteiger partial charge >= 0.3 is 5.97 Å². The Kier molecular flexibility index (Phi) is 4.16. The van der Waals surface area contributed by atoms with Crippen LogP contribution in [0.3, 0.4) is 0 Å². The van der Waals surface area contributed by atoms with E-state index in [2.05, 4.69) is 4.90 Å². The average Bonchev–Trinajstić information content (AvgIpc) is 2.92. The van der Waals surface area contributed by atoms with E-state index in [9.17, 15) is 18.3 Å². The first kappa shape index (κ1) is 16.7. The highest BCUT2D eigenvalue weighted by Crippen LogP contribution is 2.44. The van der Waals surface area contributed by atoms with Crippen molar-refractivity contribution in [3.8, 4) is 0 Å². The molecular weight excluding hydrogens is 340 g/mol. The fourth-order valence-corrected chi connectivity index (χ4v) is 4.82. The van der Waals surface area contributed by atoms with Crippen molar-refractivity contribution in [3.63, 3.8) is 0 Å². The zero-order valence-corrected chi connectivity index (χ0v) is 14.3. The number of aliphatic carboxylic acids is 1. The molecule has 2 aliphatic heterocycles. The van der Waals surface area contributed by atoms with E-state index in [1.807, 2.05) is 18.2 Å². The molecular formula is C15H19ClN2O4S. The topological polar surface area (TPSA) is 77.9 Å². The molecule has 0 unspecified atom stereocenters. The number of carboxylic acid groups (broad SMARTS) is 1. The first-order chi connectivity index (χ1) is 10.7. The van der Waals surface area contributed by atoms with Gasteiger partial charge in [-0.2, -0.15) is 0 Å². The number of rotatable bonds is 4. The van der Waals surface area contributed by atoms with Crippen molar-refractivity contribution in [2.24, 2.45) is 11.3 Å². The largest absolute Gasteiger partial charge is 0.481 e. The Morgan fingerprint density at radius 2 is 2.13 bits per heavy atom. The summed E-state index contributed by atoms with van der Waals surface area (Å²) in [4.78, 5) is 13.9. The Bertz CT molecular complexity index is 739. The van der Waals surface area contributed by atoms with Crippen LogP contribution in [0.25, 0.3) is 0 Å². The molecule has 0 saturated carbocycles. The number of carbonyl (C=O) groups is 1. The van der Waals surface area contributed by atoms with Crippen molar-refractivity contribution in [1.82, 2.24) is 9.21 Å². The minimum absolute atomic E-state index is 0.0535. The maximum Gasteiger partial charge on any atom is 0.312 e. The molecule has 0 spiro atoms. The van der Waals surface area contributed by atoms with E-state index in [1.54, 1.807) is 6.07 Å². The number of hydrogen-bond donors (Lipinski definition) is 1. The van der Waals surface area contributed by atoms with Crippen LogP contribution < -0.4 is 0 Å². The van der Waals surface area contributed by atoms with Gasteiger partial charge in [0.2, 0.25) is 10.0 Å². The zero-order valence-electron chi connectivity index (χ0n) is 12.8.